The fraction of sp³-hybridized carbons (Fsp3) is 1.00. The summed E-state index contributed by atoms with van der Waals surface area (Å²) in [5.74, 6) is -1.02. The third-order valence-electron chi connectivity index (χ3n) is 2.09. The Hall–Kier alpha value is 0.0569. The van der Waals surface area contributed by atoms with Crippen LogP contribution in [0.3, 0.4) is 0 Å². The molecule has 5 heteroatoms. The van der Waals surface area contributed by atoms with E-state index in [2.05, 4.69) is 0 Å². The number of hydrogen-bond acceptors (Lipinski definition) is 4. The minimum Gasteiger partial charge on any atom is -0.417 e. The summed E-state index contributed by atoms with van der Waals surface area (Å²) in [7, 11) is 0.644. The Morgan fingerprint density at radius 2 is 1.33 bits per heavy atom. The number of ether oxygens (including phenoxy) is 3. The van der Waals surface area contributed by atoms with E-state index in [1.54, 1.807) is 0 Å². The zero-order valence-corrected chi connectivity index (χ0v) is 12.5. The molecule has 0 heterocycles. The molecule has 0 saturated carbocycles. The molecule has 0 saturated heterocycles. The largest absolute Gasteiger partial charge is 0.417 e. The molecule has 0 N–H and O–H groups in total. The van der Waals surface area contributed by atoms with Gasteiger partial charge in [-0.15, -0.1) is 0 Å². The third kappa shape index (κ3) is 4.20. The topological polar surface area (TPSA) is 36.9 Å². The zero-order chi connectivity index (χ0) is 11.7. The maximum Gasteiger partial charge on any atom is 0.309 e. The zero-order valence-electron chi connectivity index (χ0n) is 10.5. The SMILES string of the molecule is CCOC(OCC)(OCC)C(CC)O[SiH3]. The van der Waals surface area contributed by atoms with Crippen LogP contribution in [0.4, 0.5) is 0 Å². The van der Waals surface area contributed by atoms with Gasteiger partial charge in [-0.3, -0.25) is 0 Å². The van der Waals surface area contributed by atoms with E-state index in [1.165, 1.54) is 0 Å². The van der Waals surface area contributed by atoms with Crippen molar-refractivity contribution < 1.29 is 18.6 Å². The normalized spacial score (nSPS) is 14.4. The molecule has 0 amide bonds. The smallest absolute Gasteiger partial charge is 0.309 e. The van der Waals surface area contributed by atoms with Gasteiger partial charge in [0.15, 0.2) is 0 Å². The van der Waals surface area contributed by atoms with Crippen molar-refractivity contribution in [3.63, 3.8) is 0 Å². The molecular formula is C10H24O4Si. The highest BCUT2D eigenvalue weighted by Gasteiger charge is 2.41. The van der Waals surface area contributed by atoms with Gasteiger partial charge in [-0.1, -0.05) is 6.92 Å². The van der Waals surface area contributed by atoms with Crippen molar-refractivity contribution in [2.75, 3.05) is 19.8 Å². The van der Waals surface area contributed by atoms with Crippen LogP contribution in [0, 0.1) is 0 Å². The van der Waals surface area contributed by atoms with Gasteiger partial charge in [0, 0.05) is 19.8 Å². The van der Waals surface area contributed by atoms with E-state index < -0.39 is 5.97 Å². The minimum absolute atomic E-state index is 0.149. The first-order chi connectivity index (χ1) is 7.20. The van der Waals surface area contributed by atoms with Crippen molar-refractivity contribution in [2.45, 2.75) is 46.2 Å². The van der Waals surface area contributed by atoms with Crippen LogP contribution in [0.2, 0.25) is 0 Å². The Balaban J connectivity index is 4.71. The highest BCUT2D eigenvalue weighted by Crippen LogP contribution is 2.24. The average molecular weight is 236 g/mol. The molecule has 4 nitrogen and oxygen atoms in total. The van der Waals surface area contributed by atoms with E-state index in [-0.39, 0.29) is 6.10 Å². The fourth-order valence-electron chi connectivity index (χ4n) is 1.57. The predicted molar refractivity (Wildman–Crippen MR) is 62.7 cm³/mol. The summed E-state index contributed by atoms with van der Waals surface area (Å²) in [5, 5.41) is 0. The summed E-state index contributed by atoms with van der Waals surface area (Å²) in [6.07, 6.45) is 0.660. The summed E-state index contributed by atoms with van der Waals surface area (Å²) >= 11 is 0. The molecule has 0 aliphatic rings. The van der Waals surface area contributed by atoms with Gasteiger partial charge in [0.25, 0.3) is 0 Å². The van der Waals surface area contributed by atoms with E-state index in [0.29, 0.717) is 30.3 Å². The number of rotatable bonds is 9. The second-order valence-corrected chi connectivity index (χ2v) is 3.51. The van der Waals surface area contributed by atoms with Crippen molar-refractivity contribution in [3.8, 4) is 0 Å². The predicted octanol–water partition coefficient (Wildman–Crippen LogP) is 0.825. The van der Waals surface area contributed by atoms with Crippen molar-refractivity contribution >= 4 is 10.5 Å². The first kappa shape index (κ1) is 15.1. The molecule has 1 unspecified atom stereocenters. The minimum atomic E-state index is -1.02. The quantitative estimate of drug-likeness (QED) is 0.439. The van der Waals surface area contributed by atoms with E-state index in [0.717, 1.165) is 6.42 Å². The second kappa shape index (κ2) is 8.24. The van der Waals surface area contributed by atoms with Gasteiger partial charge < -0.3 is 18.6 Å². The molecule has 0 fully saturated rings. The van der Waals surface area contributed by atoms with Crippen molar-refractivity contribution in [3.05, 3.63) is 0 Å². The van der Waals surface area contributed by atoms with Crippen molar-refractivity contribution in [1.29, 1.82) is 0 Å². The monoisotopic (exact) mass is 236 g/mol. The van der Waals surface area contributed by atoms with Crippen LogP contribution in [0.1, 0.15) is 34.1 Å². The van der Waals surface area contributed by atoms with Gasteiger partial charge in [-0.2, -0.15) is 0 Å². The molecule has 92 valence electrons. The van der Waals surface area contributed by atoms with Crippen molar-refractivity contribution in [1.82, 2.24) is 0 Å². The van der Waals surface area contributed by atoms with E-state index >= 15 is 0 Å². The Labute approximate surface area is 95.8 Å². The highest BCUT2D eigenvalue weighted by molar-refractivity contribution is 5.98. The van der Waals surface area contributed by atoms with Gasteiger partial charge in [-0.25, -0.2) is 0 Å². The van der Waals surface area contributed by atoms with Gasteiger partial charge in [-0.05, 0) is 27.2 Å². The molecule has 0 bridgehead atoms. The summed E-state index contributed by atoms with van der Waals surface area (Å²) in [6, 6.07) is 0. The maximum atomic E-state index is 5.61. The lowest BCUT2D eigenvalue weighted by molar-refractivity contribution is -0.406. The van der Waals surface area contributed by atoms with Crippen LogP contribution in [0.5, 0.6) is 0 Å². The van der Waals surface area contributed by atoms with E-state index in [4.69, 9.17) is 18.6 Å². The van der Waals surface area contributed by atoms with Gasteiger partial charge in [0.05, 0.1) is 0 Å². The highest BCUT2D eigenvalue weighted by atomic mass is 28.2. The first-order valence-corrected chi connectivity index (χ1v) is 6.46. The summed E-state index contributed by atoms with van der Waals surface area (Å²) in [4.78, 5) is 0. The molecule has 0 aromatic heterocycles. The molecule has 0 spiro atoms. The van der Waals surface area contributed by atoms with E-state index in [9.17, 15) is 0 Å². The lowest BCUT2D eigenvalue weighted by Crippen LogP contribution is -2.51. The summed E-state index contributed by atoms with van der Waals surface area (Å²) < 4.78 is 22.3. The Morgan fingerprint density at radius 3 is 1.53 bits per heavy atom. The Kier molecular flexibility index (Phi) is 8.27. The molecular weight excluding hydrogens is 212 g/mol. The van der Waals surface area contributed by atoms with Crippen LogP contribution in [-0.4, -0.2) is 42.4 Å². The first-order valence-electron chi connectivity index (χ1n) is 5.65. The standard InChI is InChI=1S/C10H24O4Si/c1-5-9(14-15)10(11-6-2,12-7-3)13-8-4/h9H,5-8H2,1-4,15H3. The Bertz CT molecular complexity index is 133. The molecule has 0 rings (SSSR count). The summed E-state index contributed by atoms with van der Waals surface area (Å²) in [6.45, 7) is 9.43. The van der Waals surface area contributed by atoms with Crippen LogP contribution in [0.25, 0.3) is 0 Å². The number of hydrogen-bond donors (Lipinski definition) is 0. The van der Waals surface area contributed by atoms with Crippen LogP contribution in [-0.2, 0) is 18.6 Å². The maximum absolute atomic E-state index is 5.61. The van der Waals surface area contributed by atoms with E-state index in [1.807, 2.05) is 27.7 Å². The second-order valence-electron chi connectivity index (χ2n) is 3.04. The van der Waals surface area contributed by atoms with Crippen LogP contribution < -0.4 is 0 Å². The summed E-state index contributed by atoms with van der Waals surface area (Å²) in [5.41, 5.74) is 0. The fourth-order valence-corrected chi connectivity index (χ4v) is 2.19. The lowest BCUT2D eigenvalue weighted by Gasteiger charge is -2.37. The van der Waals surface area contributed by atoms with Crippen LogP contribution in [0.15, 0.2) is 0 Å². The molecule has 0 aliphatic carbocycles. The van der Waals surface area contributed by atoms with Gasteiger partial charge in [0.2, 0.25) is 0 Å². The molecule has 15 heavy (non-hydrogen) atoms. The molecule has 0 aromatic carbocycles. The molecule has 0 aromatic rings. The van der Waals surface area contributed by atoms with Gasteiger partial charge in [0.1, 0.15) is 16.6 Å². The molecule has 0 radical (unpaired) electrons. The van der Waals surface area contributed by atoms with Gasteiger partial charge >= 0.3 is 5.97 Å². The average Bonchev–Trinajstić information content (AvgIpc) is 2.20. The molecule has 1 atom stereocenters. The Morgan fingerprint density at radius 1 is 0.933 bits per heavy atom. The lowest BCUT2D eigenvalue weighted by atomic mass is 10.2. The molecule has 0 aliphatic heterocycles. The van der Waals surface area contributed by atoms with Crippen LogP contribution >= 0.6 is 0 Å². The van der Waals surface area contributed by atoms with Crippen molar-refractivity contribution in [2.24, 2.45) is 0 Å². The third-order valence-corrected chi connectivity index (χ3v) is 2.66.